The number of amides is 1. The van der Waals surface area contributed by atoms with Gasteiger partial charge in [-0.05, 0) is 67.4 Å². The molecule has 0 spiro atoms. The molecule has 0 aliphatic heterocycles. The van der Waals surface area contributed by atoms with Gasteiger partial charge in [-0.2, -0.15) is 5.26 Å². The molecule has 0 atom stereocenters. The number of anilines is 1. The molecule has 3 aromatic carbocycles. The lowest BCUT2D eigenvalue weighted by molar-refractivity contribution is -0.112. The second-order valence-corrected chi connectivity index (χ2v) is 8.58. The van der Waals surface area contributed by atoms with E-state index in [0.717, 1.165) is 11.1 Å². The van der Waals surface area contributed by atoms with Gasteiger partial charge in [0, 0.05) is 10.2 Å². The van der Waals surface area contributed by atoms with Gasteiger partial charge in [-0.1, -0.05) is 45.8 Å². The molecule has 0 aromatic heterocycles. The molecule has 0 saturated heterocycles. The van der Waals surface area contributed by atoms with Crippen LogP contribution in [0.2, 0.25) is 0 Å². The van der Waals surface area contributed by atoms with Crippen molar-refractivity contribution in [2.45, 2.75) is 20.5 Å². The molecule has 0 heterocycles. The number of hydrogen-bond acceptors (Lipinski definition) is 6. The fraction of sp³-hybridized carbons (Fsp3) is 0.179. The molecule has 7 nitrogen and oxygen atoms in total. The highest BCUT2D eigenvalue weighted by Gasteiger charge is 2.15. The van der Waals surface area contributed by atoms with Crippen LogP contribution in [0, 0.1) is 18.3 Å². The Bertz CT molecular complexity index is 1330. The summed E-state index contributed by atoms with van der Waals surface area (Å²) in [5, 5.41) is 12.3. The zero-order chi connectivity index (χ0) is 26.1. The zero-order valence-corrected chi connectivity index (χ0v) is 21.7. The van der Waals surface area contributed by atoms with Crippen molar-refractivity contribution in [3.05, 3.63) is 93.0 Å². The van der Waals surface area contributed by atoms with Crippen molar-refractivity contribution in [1.29, 1.82) is 5.26 Å². The number of carbonyl (C=O) groups excluding carboxylic acids is 2. The first-order chi connectivity index (χ1) is 17.3. The normalized spacial score (nSPS) is 10.8. The van der Waals surface area contributed by atoms with E-state index < -0.39 is 11.9 Å². The van der Waals surface area contributed by atoms with E-state index in [-0.39, 0.29) is 5.57 Å². The summed E-state index contributed by atoms with van der Waals surface area (Å²) in [7, 11) is 1.29. The van der Waals surface area contributed by atoms with Crippen LogP contribution in [0.15, 0.2) is 70.7 Å². The standard InChI is InChI=1S/C28H25BrN2O5/c1-4-35-25-14-21(24(29)15-26(25)36-17-19-7-5-6-18(2)12-19)13-22(16-30)27(32)31-23-10-8-20(9-11-23)28(33)34-3/h5-15H,4,17H2,1-3H3,(H,31,32)/b22-13+. The van der Waals surface area contributed by atoms with Gasteiger partial charge in [0.05, 0.1) is 19.3 Å². The predicted molar refractivity (Wildman–Crippen MR) is 141 cm³/mol. The molecule has 3 aromatic rings. The summed E-state index contributed by atoms with van der Waals surface area (Å²) in [6.07, 6.45) is 1.47. The lowest BCUT2D eigenvalue weighted by Gasteiger charge is -2.14. The Balaban J connectivity index is 1.81. The molecule has 36 heavy (non-hydrogen) atoms. The topological polar surface area (TPSA) is 97.7 Å². The smallest absolute Gasteiger partial charge is 0.337 e. The van der Waals surface area contributed by atoms with Gasteiger partial charge in [0.2, 0.25) is 0 Å². The summed E-state index contributed by atoms with van der Waals surface area (Å²) in [4.78, 5) is 24.3. The van der Waals surface area contributed by atoms with Crippen molar-refractivity contribution < 1.29 is 23.8 Å². The van der Waals surface area contributed by atoms with E-state index in [2.05, 4.69) is 26.0 Å². The van der Waals surface area contributed by atoms with Crippen LogP contribution in [0.3, 0.4) is 0 Å². The Kier molecular flexibility index (Phi) is 9.25. The third-order valence-corrected chi connectivity index (χ3v) is 5.76. The Morgan fingerprint density at radius 1 is 1.06 bits per heavy atom. The summed E-state index contributed by atoms with van der Waals surface area (Å²) in [5.74, 6) is -0.0357. The van der Waals surface area contributed by atoms with Gasteiger partial charge in [-0.3, -0.25) is 4.79 Å². The molecule has 0 unspecified atom stereocenters. The first kappa shape index (κ1) is 26.5. The number of aryl methyl sites for hydroxylation is 1. The minimum atomic E-state index is -0.590. The minimum Gasteiger partial charge on any atom is -0.490 e. The van der Waals surface area contributed by atoms with Gasteiger partial charge >= 0.3 is 5.97 Å². The van der Waals surface area contributed by atoms with Crippen LogP contribution < -0.4 is 14.8 Å². The SMILES string of the molecule is CCOc1cc(/C=C(\C#N)C(=O)Nc2ccc(C(=O)OC)cc2)c(Br)cc1OCc1cccc(C)c1. The number of esters is 1. The van der Waals surface area contributed by atoms with Gasteiger partial charge in [-0.15, -0.1) is 0 Å². The quantitative estimate of drug-likeness (QED) is 0.198. The van der Waals surface area contributed by atoms with Gasteiger partial charge in [0.15, 0.2) is 11.5 Å². The molecule has 1 amide bonds. The molecule has 3 rings (SSSR count). The zero-order valence-electron chi connectivity index (χ0n) is 20.1. The van der Waals surface area contributed by atoms with Crippen molar-refractivity contribution in [1.82, 2.24) is 0 Å². The predicted octanol–water partition coefficient (Wildman–Crippen LogP) is 6.07. The summed E-state index contributed by atoms with van der Waals surface area (Å²) in [6, 6.07) is 19.6. The monoisotopic (exact) mass is 548 g/mol. The van der Waals surface area contributed by atoms with E-state index in [9.17, 15) is 14.9 Å². The molecule has 0 aliphatic rings. The Morgan fingerprint density at radius 3 is 2.42 bits per heavy atom. The second-order valence-electron chi connectivity index (χ2n) is 7.72. The molecule has 8 heteroatoms. The second kappa shape index (κ2) is 12.6. The van der Waals surface area contributed by atoms with Crippen LogP contribution in [-0.4, -0.2) is 25.6 Å². The van der Waals surface area contributed by atoms with Crippen molar-refractivity contribution in [2.75, 3.05) is 19.0 Å². The van der Waals surface area contributed by atoms with Crippen molar-refractivity contribution in [3.8, 4) is 17.6 Å². The Morgan fingerprint density at radius 2 is 1.78 bits per heavy atom. The van der Waals surface area contributed by atoms with Gasteiger partial charge < -0.3 is 19.5 Å². The average molecular weight is 549 g/mol. The van der Waals surface area contributed by atoms with Crippen LogP contribution in [0.5, 0.6) is 11.5 Å². The largest absolute Gasteiger partial charge is 0.490 e. The molecule has 0 fully saturated rings. The van der Waals surface area contributed by atoms with E-state index in [1.165, 1.54) is 25.3 Å². The number of ether oxygens (including phenoxy) is 3. The summed E-state index contributed by atoms with van der Waals surface area (Å²) in [6.45, 7) is 4.66. The maximum absolute atomic E-state index is 12.7. The fourth-order valence-electron chi connectivity index (χ4n) is 3.32. The molecular formula is C28H25BrN2O5. The Labute approximate surface area is 218 Å². The highest BCUT2D eigenvalue weighted by Crippen LogP contribution is 2.35. The molecular weight excluding hydrogens is 524 g/mol. The number of nitrogens with zero attached hydrogens (tertiary/aromatic N) is 1. The number of rotatable bonds is 9. The number of methoxy groups -OCH3 is 1. The first-order valence-corrected chi connectivity index (χ1v) is 11.9. The van der Waals surface area contributed by atoms with Crippen molar-refractivity contribution in [3.63, 3.8) is 0 Å². The third-order valence-electron chi connectivity index (χ3n) is 5.07. The fourth-order valence-corrected chi connectivity index (χ4v) is 3.75. The first-order valence-electron chi connectivity index (χ1n) is 11.1. The number of benzene rings is 3. The molecule has 0 saturated carbocycles. The molecule has 0 radical (unpaired) electrons. The van der Waals surface area contributed by atoms with Crippen LogP contribution in [0.1, 0.15) is 34.0 Å². The average Bonchev–Trinajstić information content (AvgIpc) is 2.87. The van der Waals surface area contributed by atoms with E-state index in [1.54, 1.807) is 24.3 Å². The van der Waals surface area contributed by atoms with Gasteiger partial charge in [0.25, 0.3) is 5.91 Å². The number of carbonyl (C=O) groups is 2. The van der Waals surface area contributed by atoms with E-state index in [4.69, 9.17) is 9.47 Å². The van der Waals surface area contributed by atoms with Crippen LogP contribution in [-0.2, 0) is 16.1 Å². The van der Waals surface area contributed by atoms with Crippen LogP contribution in [0.4, 0.5) is 5.69 Å². The van der Waals surface area contributed by atoms with Crippen LogP contribution in [0.25, 0.3) is 6.08 Å². The molecule has 0 bridgehead atoms. The number of nitrogens with one attached hydrogen (secondary N) is 1. The lowest BCUT2D eigenvalue weighted by Crippen LogP contribution is -2.13. The highest BCUT2D eigenvalue weighted by atomic mass is 79.9. The lowest BCUT2D eigenvalue weighted by atomic mass is 10.1. The number of halogens is 1. The summed E-state index contributed by atoms with van der Waals surface area (Å²) < 4.78 is 17.1. The Hall–Kier alpha value is -4.09. The van der Waals surface area contributed by atoms with Gasteiger partial charge in [-0.25, -0.2) is 4.79 Å². The van der Waals surface area contributed by atoms with Crippen molar-refractivity contribution >= 4 is 39.6 Å². The minimum absolute atomic E-state index is 0.108. The molecule has 1 N–H and O–H groups in total. The number of hydrogen-bond donors (Lipinski definition) is 1. The van der Waals surface area contributed by atoms with Crippen LogP contribution >= 0.6 is 15.9 Å². The van der Waals surface area contributed by atoms with E-state index in [1.807, 2.05) is 44.2 Å². The third kappa shape index (κ3) is 6.96. The summed E-state index contributed by atoms with van der Waals surface area (Å²) >= 11 is 3.51. The number of nitriles is 1. The van der Waals surface area contributed by atoms with Crippen molar-refractivity contribution in [2.24, 2.45) is 0 Å². The van der Waals surface area contributed by atoms with E-state index >= 15 is 0 Å². The van der Waals surface area contributed by atoms with E-state index in [0.29, 0.717) is 46.0 Å². The molecule has 184 valence electrons. The van der Waals surface area contributed by atoms with Gasteiger partial charge in [0.1, 0.15) is 18.2 Å². The summed E-state index contributed by atoms with van der Waals surface area (Å²) in [5.41, 5.74) is 3.43. The maximum Gasteiger partial charge on any atom is 0.337 e. The maximum atomic E-state index is 12.7. The molecule has 0 aliphatic carbocycles. The highest BCUT2D eigenvalue weighted by molar-refractivity contribution is 9.10.